The minimum absolute atomic E-state index is 0.297. The van der Waals surface area contributed by atoms with Crippen molar-refractivity contribution < 1.29 is 9.53 Å². The third kappa shape index (κ3) is 3.29. The van der Waals surface area contributed by atoms with E-state index in [0.29, 0.717) is 29.9 Å². The molecule has 2 atom stereocenters. The molecule has 0 aromatic heterocycles. The third-order valence-corrected chi connectivity index (χ3v) is 4.24. The predicted molar refractivity (Wildman–Crippen MR) is 85.7 cm³/mol. The summed E-state index contributed by atoms with van der Waals surface area (Å²) in [5, 5.41) is 0. The Bertz CT molecular complexity index is 506. The lowest BCUT2D eigenvalue weighted by molar-refractivity contribution is 0.0526. The van der Waals surface area contributed by atoms with Crippen LogP contribution in [0, 0.1) is 0 Å². The molecule has 0 spiro atoms. The molecule has 2 N–H and O–H groups in total. The highest BCUT2D eigenvalue weighted by atomic mass is 16.5. The number of carbonyl (C=O) groups excluding carboxylic acids is 1. The van der Waals surface area contributed by atoms with Crippen molar-refractivity contribution in [2.24, 2.45) is 0 Å². The van der Waals surface area contributed by atoms with Gasteiger partial charge < -0.3 is 15.4 Å². The van der Waals surface area contributed by atoms with Crippen molar-refractivity contribution in [3.8, 4) is 0 Å². The van der Waals surface area contributed by atoms with Crippen molar-refractivity contribution in [2.75, 3.05) is 37.4 Å². The molecular formula is C16H25N3O2. The molecular weight excluding hydrogens is 266 g/mol. The molecule has 1 saturated heterocycles. The summed E-state index contributed by atoms with van der Waals surface area (Å²) in [5.41, 5.74) is 8.29. The number of likely N-dealkylation sites (N-methyl/N-ethyl adjacent to an activating group) is 1. The van der Waals surface area contributed by atoms with E-state index in [2.05, 4.69) is 30.7 Å². The molecule has 1 aliphatic rings. The minimum atomic E-state index is -0.297. The molecule has 0 radical (unpaired) electrons. The highest BCUT2D eigenvalue weighted by Crippen LogP contribution is 2.28. The van der Waals surface area contributed by atoms with Crippen LogP contribution in [0.3, 0.4) is 0 Å². The zero-order chi connectivity index (χ0) is 15.6. The zero-order valence-electron chi connectivity index (χ0n) is 13.3. The third-order valence-electron chi connectivity index (χ3n) is 4.24. The Labute approximate surface area is 126 Å². The number of anilines is 2. The summed E-state index contributed by atoms with van der Waals surface area (Å²) in [4.78, 5) is 16.5. The summed E-state index contributed by atoms with van der Waals surface area (Å²) >= 11 is 0. The van der Waals surface area contributed by atoms with Crippen LogP contribution in [-0.2, 0) is 4.74 Å². The number of nitrogens with zero attached hydrogens (tertiary/aromatic N) is 2. The molecule has 1 aromatic rings. The fourth-order valence-corrected chi connectivity index (χ4v) is 2.76. The van der Waals surface area contributed by atoms with Gasteiger partial charge in [-0.2, -0.15) is 0 Å². The van der Waals surface area contributed by atoms with Gasteiger partial charge in [-0.15, -0.1) is 0 Å². The van der Waals surface area contributed by atoms with Gasteiger partial charge in [-0.1, -0.05) is 0 Å². The lowest BCUT2D eigenvalue weighted by Gasteiger charge is -2.43. The quantitative estimate of drug-likeness (QED) is 0.681. The molecule has 21 heavy (non-hydrogen) atoms. The number of hydrogen-bond donors (Lipinski definition) is 1. The molecule has 0 bridgehead atoms. The van der Waals surface area contributed by atoms with Crippen LogP contribution in [0.5, 0.6) is 0 Å². The molecule has 5 heteroatoms. The van der Waals surface area contributed by atoms with Crippen molar-refractivity contribution in [2.45, 2.75) is 32.9 Å². The van der Waals surface area contributed by atoms with E-state index in [1.807, 2.05) is 6.07 Å². The average molecular weight is 291 g/mol. The summed E-state index contributed by atoms with van der Waals surface area (Å²) in [6.07, 6.45) is 0. The van der Waals surface area contributed by atoms with E-state index in [9.17, 15) is 4.79 Å². The fraction of sp³-hybridized carbons (Fsp3) is 0.562. The van der Waals surface area contributed by atoms with Gasteiger partial charge in [-0.05, 0) is 46.0 Å². The summed E-state index contributed by atoms with van der Waals surface area (Å²) in [5.74, 6) is -0.297. The van der Waals surface area contributed by atoms with Crippen LogP contribution < -0.4 is 10.6 Å². The van der Waals surface area contributed by atoms with E-state index in [4.69, 9.17) is 10.5 Å². The Balaban J connectivity index is 2.26. The van der Waals surface area contributed by atoms with E-state index in [0.717, 1.165) is 18.8 Å². The van der Waals surface area contributed by atoms with Crippen molar-refractivity contribution >= 4 is 17.3 Å². The summed E-state index contributed by atoms with van der Waals surface area (Å²) < 4.78 is 5.06. The second-order valence-corrected chi connectivity index (χ2v) is 5.76. The number of carbonyl (C=O) groups is 1. The molecule has 1 fully saturated rings. The highest BCUT2D eigenvalue weighted by molar-refractivity contribution is 5.92. The Morgan fingerprint density at radius 3 is 2.52 bits per heavy atom. The van der Waals surface area contributed by atoms with Gasteiger partial charge in [0.25, 0.3) is 0 Å². The molecule has 1 aliphatic heterocycles. The first-order chi connectivity index (χ1) is 9.93. The van der Waals surface area contributed by atoms with E-state index in [1.165, 1.54) is 0 Å². The van der Waals surface area contributed by atoms with E-state index in [1.54, 1.807) is 19.1 Å². The smallest absolute Gasteiger partial charge is 0.338 e. The van der Waals surface area contributed by atoms with E-state index < -0.39 is 0 Å². The lowest BCUT2D eigenvalue weighted by Crippen LogP contribution is -2.55. The molecule has 0 aliphatic carbocycles. The number of benzene rings is 1. The molecule has 2 rings (SSSR count). The van der Waals surface area contributed by atoms with Gasteiger partial charge in [-0.3, -0.25) is 4.90 Å². The maximum absolute atomic E-state index is 11.9. The van der Waals surface area contributed by atoms with Crippen LogP contribution in [0.1, 0.15) is 31.1 Å². The summed E-state index contributed by atoms with van der Waals surface area (Å²) in [7, 11) is 2.14. The van der Waals surface area contributed by atoms with Crippen LogP contribution in [0.25, 0.3) is 0 Å². The highest BCUT2D eigenvalue weighted by Gasteiger charge is 2.27. The maximum Gasteiger partial charge on any atom is 0.338 e. The topological polar surface area (TPSA) is 58.8 Å². The van der Waals surface area contributed by atoms with Crippen LogP contribution in [0.2, 0.25) is 0 Å². The number of ether oxygens (including phenoxy) is 1. The number of esters is 1. The lowest BCUT2D eigenvalue weighted by atomic mass is 10.1. The van der Waals surface area contributed by atoms with Crippen molar-refractivity contribution in [1.82, 2.24) is 4.90 Å². The molecule has 0 saturated carbocycles. The number of hydrogen-bond acceptors (Lipinski definition) is 5. The summed E-state index contributed by atoms with van der Waals surface area (Å²) in [6.45, 7) is 8.39. The van der Waals surface area contributed by atoms with E-state index >= 15 is 0 Å². The van der Waals surface area contributed by atoms with Gasteiger partial charge >= 0.3 is 5.97 Å². The van der Waals surface area contributed by atoms with Gasteiger partial charge in [0.1, 0.15) is 0 Å². The van der Waals surface area contributed by atoms with E-state index in [-0.39, 0.29) is 5.97 Å². The molecule has 116 valence electrons. The standard InChI is InChI=1S/C16H25N3O2/c1-5-21-16(20)13-6-7-14(17)15(8-13)19-9-11(2)18(4)12(3)10-19/h6-8,11-12H,5,9-10,17H2,1-4H3. The van der Waals surface area contributed by atoms with Gasteiger partial charge in [0.2, 0.25) is 0 Å². The molecule has 1 heterocycles. The SMILES string of the molecule is CCOC(=O)c1ccc(N)c(N2CC(C)N(C)C(C)C2)c1. The average Bonchev–Trinajstić information content (AvgIpc) is 2.45. The van der Waals surface area contributed by atoms with Gasteiger partial charge in [0.15, 0.2) is 0 Å². The maximum atomic E-state index is 11.9. The van der Waals surface area contributed by atoms with Gasteiger partial charge in [0.05, 0.1) is 23.5 Å². The van der Waals surface area contributed by atoms with Crippen LogP contribution >= 0.6 is 0 Å². The van der Waals surface area contributed by atoms with Crippen LogP contribution in [0.15, 0.2) is 18.2 Å². The summed E-state index contributed by atoms with van der Waals surface area (Å²) in [6, 6.07) is 6.24. The number of rotatable bonds is 3. The van der Waals surface area contributed by atoms with Crippen LogP contribution in [-0.4, -0.2) is 49.7 Å². The second kappa shape index (κ2) is 6.35. The largest absolute Gasteiger partial charge is 0.462 e. The number of nitrogens with two attached hydrogens (primary N) is 1. The second-order valence-electron chi connectivity index (χ2n) is 5.76. The van der Waals surface area contributed by atoms with Crippen molar-refractivity contribution in [3.63, 3.8) is 0 Å². The zero-order valence-corrected chi connectivity index (χ0v) is 13.3. The van der Waals surface area contributed by atoms with Crippen LogP contribution in [0.4, 0.5) is 11.4 Å². The van der Waals surface area contributed by atoms with Crippen molar-refractivity contribution in [1.29, 1.82) is 0 Å². The van der Waals surface area contributed by atoms with Gasteiger partial charge in [0, 0.05) is 25.2 Å². The normalized spacial score (nSPS) is 23.1. The molecule has 2 unspecified atom stereocenters. The Morgan fingerprint density at radius 1 is 1.33 bits per heavy atom. The first-order valence-corrected chi connectivity index (χ1v) is 7.47. The monoisotopic (exact) mass is 291 g/mol. The Kier molecular flexibility index (Phi) is 4.73. The first kappa shape index (κ1) is 15.6. The minimum Gasteiger partial charge on any atom is -0.462 e. The fourth-order valence-electron chi connectivity index (χ4n) is 2.76. The predicted octanol–water partition coefficient (Wildman–Crippen LogP) is 1.97. The molecule has 0 amide bonds. The molecule has 1 aromatic carbocycles. The van der Waals surface area contributed by atoms with Crippen molar-refractivity contribution in [3.05, 3.63) is 23.8 Å². The molecule has 5 nitrogen and oxygen atoms in total. The Hall–Kier alpha value is -1.75. The number of piperazine rings is 1. The Morgan fingerprint density at radius 2 is 1.95 bits per heavy atom. The first-order valence-electron chi connectivity index (χ1n) is 7.47. The number of nitrogen functional groups attached to an aromatic ring is 1. The van der Waals surface area contributed by atoms with Gasteiger partial charge in [-0.25, -0.2) is 4.79 Å².